The Labute approximate surface area is 168 Å². The molecule has 0 radical (unpaired) electrons. The fraction of sp³-hybridized carbons (Fsp3) is 0.588. The van der Waals surface area contributed by atoms with Crippen molar-refractivity contribution in [2.24, 2.45) is 0 Å². The number of imidazole rings is 1. The molecule has 0 spiro atoms. The number of fused-ring (bicyclic) bond motifs is 1. The molecule has 2 aromatic heterocycles. The minimum atomic E-state index is -0.816. The van der Waals surface area contributed by atoms with Crippen LogP contribution in [-0.2, 0) is 23.8 Å². The van der Waals surface area contributed by atoms with E-state index in [1.165, 1.54) is 12.7 Å². The zero-order valence-electron chi connectivity index (χ0n) is 15.9. The summed E-state index contributed by atoms with van der Waals surface area (Å²) in [4.78, 5) is 36.5. The Morgan fingerprint density at radius 1 is 1.18 bits per heavy atom. The number of carbonyl (C=O) groups is 2. The van der Waals surface area contributed by atoms with Gasteiger partial charge >= 0.3 is 168 Å². The number of rotatable bonds is 7. The summed E-state index contributed by atoms with van der Waals surface area (Å²) in [6.45, 7) is 3.41. The number of anilines is 1. The number of nitrogens with two attached hydrogens (primary N) is 1. The Morgan fingerprint density at radius 3 is 2.50 bits per heavy atom. The van der Waals surface area contributed by atoms with E-state index in [1.807, 2.05) is 0 Å². The molecule has 1 fully saturated rings. The third kappa shape index (κ3) is 3.96. The molecule has 0 amide bonds. The summed E-state index contributed by atoms with van der Waals surface area (Å²) in [7, 11) is 0. The van der Waals surface area contributed by atoms with Gasteiger partial charge in [-0.25, -0.2) is 0 Å². The summed E-state index contributed by atoms with van der Waals surface area (Å²) in [6, 6.07) is 0. The van der Waals surface area contributed by atoms with Crippen molar-refractivity contribution >= 4 is 43.9 Å². The fourth-order valence-electron chi connectivity index (χ4n) is 3.02. The number of nitrogen functional groups attached to an aromatic ring is 1. The average Bonchev–Trinajstić information content (AvgIpc) is 3.25. The maximum atomic E-state index is 12.1. The van der Waals surface area contributed by atoms with Crippen molar-refractivity contribution in [1.29, 1.82) is 0 Å². The van der Waals surface area contributed by atoms with E-state index in [4.69, 9.17) is 19.9 Å². The first-order valence-corrected chi connectivity index (χ1v) is 11.9. The van der Waals surface area contributed by atoms with E-state index >= 15 is 0 Å². The summed E-state index contributed by atoms with van der Waals surface area (Å²) in [6.07, 6.45) is 0.616. The summed E-state index contributed by atoms with van der Waals surface area (Å²) in [5.74, 6) is 1.53. The van der Waals surface area contributed by atoms with Gasteiger partial charge in [0.15, 0.2) is 0 Å². The molecular weight excluding hydrogens is 433 g/mol. The molecule has 1 aliphatic rings. The molecule has 152 valence electrons. The molecule has 0 bridgehead atoms. The SMILES string of the molecule is CCC(=O)OC1[C@@H](C[Se]C)O[C@@H](n2cnc3c(N)ncnc32)[C@H]1OC(=O)CC. The van der Waals surface area contributed by atoms with Gasteiger partial charge < -0.3 is 0 Å². The van der Waals surface area contributed by atoms with Crippen molar-refractivity contribution in [3.8, 4) is 0 Å². The van der Waals surface area contributed by atoms with Crippen LogP contribution in [0.1, 0.15) is 32.9 Å². The second-order valence-corrected chi connectivity index (χ2v) is 8.13. The Balaban J connectivity index is 2.02. The topological polar surface area (TPSA) is 131 Å². The molecule has 0 aromatic carbocycles. The Morgan fingerprint density at radius 2 is 1.86 bits per heavy atom. The summed E-state index contributed by atoms with van der Waals surface area (Å²) >= 11 is 0.263. The van der Waals surface area contributed by atoms with E-state index in [0.717, 1.165) is 0 Å². The molecule has 2 aromatic rings. The minimum absolute atomic E-state index is 0.194. The third-order valence-corrected chi connectivity index (χ3v) is 5.78. The van der Waals surface area contributed by atoms with E-state index in [1.54, 1.807) is 18.4 Å². The third-order valence-electron chi connectivity index (χ3n) is 4.39. The maximum absolute atomic E-state index is 12.1. The first-order chi connectivity index (χ1) is 13.5. The van der Waals surface area contributed by atoms with Crippen molar-refractivity contribution in [2.75, 3.05) is 5.73 Å². The van der Waals surface area contributed by atoms with Crippen LogP contribution in [-0.4, -0.2) is 64.7 Å². The fourth-order valence-corrected chi connectivity index (χ4v) is 4.28. The number of nitrogens with zero attached hydrogens (tertiary/aromatic N) is 4. The van der Waals surface area contributed by atoms with Crippen molar-refractivity contribution < 1.29 is 23.8 Å². The molecule has 0 saturated carbocycles. The molecule has 3 rings (SSSR count). The molecule has 0 aliphatic carbocycles. The van der Waals surface area contributed by atoms with E-state index in [9.17, 15) is 9.59 Å². The molecule has 3 heterocycles. The van der Waals surface area contributed by atoms with Crippen LogP contribution in [0.2, 0.25) is 11.1 Å². The second-order valence-electron chi connectivity index (χ2n) is 6.22. The number of esters is 2. The molecule has 4 atom stereocenters. The van der Waals surface area contributed by atoms with Gasteiger partial charge in [0.1, 0.15) is 0 Å². The number of carbonyl (C=O) groups excluding carboxylic acids is 2. The van der Waals surface area contributed by atoms with Gasteiger partial charge in [-0.3, -0.25) is 0 Å². The van der Waals surface area contributed by atoms with Crippen LogP contribution in [0, 0.1) is 0 Å². The summed E-state index contributed by atoms with van der Waals surface area (Å²) < 4.78 is 19.1. The molecular formula is C17H23N5O5Se. The molecule has 11 heteroatoms. The van der Waals surface area contributed by atoms with Gasteiger partial charge in [-0.15, -0.1) is 0 Å². The summed E-state index contributed by atoms with van der Waals surface area (Å²) in [5.41, 5.74) is 6.76. The van der Waals surface area contributed by atoms with Crippen LogP contribution in [0.25, 0.3) is 11.2 Å². The zero-order chi connectivity index (χ0) is 20.3. The van der Waals surface area contributed by atoms with Crippen LogP contribution < -0.4 is 5.73 Å². The monoisotopic (exact) mass is 457 g/mol. The number of hydrogen-bond acceptors (Lipinski definition) is 9. The molecule has 1 unspecified atom stereocenters. The van der Waals surface area contributed by atoms with Crippen LogP contribution in [0.5, 0.6) is 0 Å². The Bertz CT molecular complexity index is 860. The molecule has 10 nitrogen and oxygen atoms in total. The van der Waals surface area contributed by atoms with Gasteiger partial charge in [-0.05, 0) is 0 Å². The van der Waals surface area contributed by atoms with E-state index < -0.39 is 30.5 Å². The van der Waals surface area contributed by atoms with Gasteiger partial charge in [0.25, 0.3) is 0 Å². The predicted molar refractivity (Wildman–Crippen MR) is 100 cm³/mol. The quantitative estimate of drug-likeness (QED) is 0.481. The molecule has 1 aliphatic heterocycles. The zero-order valence-corrected chi connectivity index (χ0v) is 17.6. The van der Waals surface area contributed by atoms with Crippen molar-refractivity contribution in [2.45, 2.75) is 62.4 Å². The van der Waals surface area contributed by atoms with E-state index in [2.05, 4.69) is 20.8 Å². The Kier molecular flexibility index (Phi) is 6.48. The standard InChI is InChI=1S/C17H23N5O5Se/c1-4-10(23)26-13-9(6-28-3)25-17(14(13)27-11(24)5-2)22-8-21-12-15(18)19-7-20-16(12)22/h7-9,13-14,17H,4-6H2,1-3H3,(H2,18,19,20)/t9-,13?,14+,17-/m1/s1. The van der Waals surface area contributed by atoms with Crippen molar-refractivity contribution in [1.82, 2.24) is 19.5 Å². The van der Waals surface area contributed by atoms with Crippen LogP contribution in [0.15, 0.2) is 12.7 Å². The van der Waals surface area contributed by atoms with Gasteiger partial charge in [0.2, 0.25) is 0 Å². The Hall–Kier alpha value is -2.23. The molecule has 2 N–H and O–H groups in total. The van der Waals surface area contributed by atoms with Crippen LogP contribution in [0.3, 0.4) is 0 Å². The van der Waals surface area contributed by atoms with E-state index in [-0.39, 0.29) is 39.6 Å². The normalized spacial score (nSPS) is 24.4. The first-order valence-electron chi connectivity index (χ1n) is 8.96. The van der Waals surface area contributed by atoms with Gasteiger partial charge in [0, 0.05) is 0 Å². The van der Waals surface area contributed by atoms with Crippen molar-refractivity contribution in [3.05, 3.63) is 12.7 Å². The van der Waals surface area contributed by atoms with Gasteiger partial charge in [-0.2, -0.15) is 0 Å². The van der Waals surface area contributed by atoms with Crippen LogP contribution >= 0.6 is 0 Å². The second kappa shape index (κ2) is 8.85. The van der Waals surface area contributed by atoms with Gasteiger partial charge in [0.05, 0.1) is 0 Å². The number of aromatic nitrogens is 4. The number of hydrogen-bond donors (Lipinski definition) is 1. The van der Waals surface area contributed by atoms with Gasteiger partial charge in [-0.1, -0.05) is 0 Å². The molecule has 1 saturated heterocycles. The van der Waals surface area contributed by atoms with E-state index in [0.29, 0.717) is 16.5 Å². The predicted octanol–water partition coefficient (Wildman–Crippen LogP) is 1.12. The van der Waals surface area contributed by atoms with Crippen molar-refractivity contribution in [3.63, 3.8) is 0 Å². The first kappa shape index (κ1) is 20.5. The number of ether oxygens (including phenoxy) is 3. The van der Waals surface area contributed by atoms with Crippen LogP contribution in [0.4, 0.5) is 5.82 Å². The average molecular weight is 456 g/mol. The molecule has 28 heavy (non-hydrogen) atoms. The summed E-state index contributed by atoms with van der Waals surface area (Å²) in [5, 5.41) is 0.703.